The first kappa shape index (κ1) is 23.6. The van der Waals surface area contributed by atoms with E-state index in [9.17, 15) is 18.7 Å². The number of aliphatic hydroxyl groups is 1. The summed E-state index contributed by atoms with van der Waals surface area (Å²) in [5.74, 6) is -3.67. The van der Waals surface area contributed by atoms with Crippen LogP contribution in [0.5, 0.6) is 0 Å². The van der Waals surface area contributed by atoms with E-state index >= 15 is 0 Å². The number of hydrogen-bond donors (Lipinski definition) is 4. The zero-order valence-corrected chi connectivity index (χ0v) is 18.8. The molecule has 12 heteroatoms. The minimum atomic E-state index is -2.90. The van der Waals surface area contributed by atoms with Crippen molar-refractivity contribution in [3.05, 3.63) is 42.6 Å². The molecule has 0 aromatic carbocycles. The number of halogens is 2. The third-order valence-corrected chi connectivity index (χ3v) is 5.20. The smallest absolute Gasteiger partial charge is 0.274 e. The second kappa shape index (κ2) is 9.03. The minimum Gasteiger partial charge on any atom is -0.389 e. The summed E-state index contributed by atoms with van der Waals surface area (Å²) in [4.78, 5) is 25.5. The van der Waals surface area contributed by atoms with Gasteiger partial charge >= 0.3 is 0 Å². The third-order valence-electron chi connectivity index (χ3n) is 5.20. The molecule has 1 amide bonds. The number of nitrogen functional groups attached to an aromatic ring is 1. The normalized spacial score (nSPS) is 18.0. The number of aromatic nitrogens is 5. The predicted molar refractivity (Wildman–Crippen MR) is 121 cm³/mol. The molecule has 0 aliphatic carbocycles. The van der Waals surface area contributed by atoms with Crippen LogP contribution in [0.3, 0.4) is 0 Å². The summed E-state index contributed by atoms with van der Waals surface area (Å²) in [6.07, 6.45) is 5.96. The zero-order chi connectivity index (χ0) is 24.5. The van der Waals surface area contributed by atoms with Crippen LogP contribution in [0.15, 0.2) is 36.9 Å². The number of nitrogens with two attached hydrogens (primary N) is 1. The minimum absolute atomic E-state index is 0.0982. The predicted octanol–water partition coefficient (Wildman–Crippen LogP) is 1.48. The monoisotopic (exact) mass is 472 g/mol. The van der Waals surface area contributed by atoms with Crippen LogP contribution in [-0.2, 0) is 6.54 Å². The lowest BCUT2D eigenvalue weighted by Gasteiger charge is -2.30. The number of pyridine rings is 1. The SMILES string of the molecule is CC(C)(O)Cn1cc(-c2cc(-c3cnc(N)c(C(=O)N[C@@H]4CNCC(F)(F)C4)n3)ccn2)cn1. The molecule has 10 nitrogen and oxygen atoms in total. The number of rotatable bonds is 6. The Kier molecular flexibility index (Phi) is 6.28. The van der Waals surface area contributed by atoms with Crippen molar-refractivity contribution in [2.24, 2.45) is 0 Å². The summed E-state index contributed by atoms with van der Waals surface area (Å²) in [5.41, 5.74) is 7.16. The maximum atomic E-state index is 13.6. The van der Waals surface area contributed by atoms with Gasteiger partial charge in [0.1, 0.15) is 0 Å². The number of carbonyl (C=O) groups excluding carboxylic acids is 1. The van der Waals surface area contributed by atoms with E-state index in [1.54, 1.807) is 49.3 Å². The summed E-state index contributed by atoms with van der Waals surface area (Å²) >= 11 is 0. The van der Waals surface area contributed by atoms with E-state index in [0.29, 0.717) is 23.5 Å². The van der Waals surface area contributed by atoms with Crippen LogP contribution in [0.1, 0.15) is 30.8 Å². The third kappa shape index (κ3) is 5.69. The second-order valence-corrected chi connectivity index (χ2v) is 9.02. The average Bonchev–Trinajstić information content (AvgIpc) is 3.20. The first-order chi connectivity index (χ1) is 16.0. The van der Waals surface area contributed by atoms with Crippen LogP contribution in [0, 0.1) is 0 Å². The number of alkyl halides is 2. The Morgan fingerprint density at radius 3 is 2.85 bits per heavy atom. The van der Waals surface area contributed by atoms with Crippen LogP contribution in [0.2, 0.25) is 0 Å². The Morgan fingerprint density at radius 1 is 1.32 bits per heavy atom. The molecule has 1 saturated heterocycles. The van der Waals surface area contributed by atoms with Gasteiger partial charge in [-0.1, -0.05) is 0 Å². The number of nitrogens with zero attached hydrogens (tertiary/aromatic N) is 5. The average molecular weight is 473 g/mol. The first-order valence-corrected chi connectivity index (χ1v) is 10.7. The van der Waals surface area contributed by atoms with Crippen LogP contribution in [0.25, 0.3) is 22.5 Å². The van der Waals surface area contributed by atoms with Gasteiger partial charge < -0.3 is 21.5 Å². The highest BCUT2D eigenvalue weighted by molar-refractivity contribution is 5.97. The summed E-state index contributed by atoms with van der Waals surface area (Å²) in [6.45, 7) is 3.51. The van der Waals surface area contributed by atoms with Crippen molar-refractivity contribution < 1.29 is 18.7 Å². The maximum absolute atomic E-state index is 13.6. The molecule has 1 aliphatic heterocycles. The zero-order valence-electron chi connectivity index (χ0n) is 18.8. The quantitative estimate of drug-likeness (QED) is 0.422. The second-order valence-electron chi connectivity index (χ2n) is 9.02. The molecule has 34 heavy (non-hydrogen) atoms. The molecule has 0 unspecified atom stereocenters. The van der Waals surface area contributed by atoms with Crippen LogP contribution in [0.4, 0.5) is 14.6 Å². The van der Waals surface area contributed by atoms with E-state index in [4.69, 9.17) is 5.73 Å². The van der Waals surface area contributed by atoms with Gasteiger partial charge in [-0.2, -0.15) is 5.10 Å². The maximum Gasteiger partial charge on any atom is 0.274 e. The Labute approximate surface area is 194 Å². The van der Waals surface area contributed by atoms with Gasteiger partial charge in [-0.05, 0) is 26.0 Å². The first-order valence-electron chi connectivity index (χ1n) is 10.7. The fourth-order valence-electron chi connectivity index (χ4n) is 3.72. The molecular formula is C22H26F2N8O2. The Morgan fingerprint density at radius 2 is 2.12 bits per heavy atom. The van der Waals surface area contributed by atoms with E-state index in [0.717, 1.165) is 5.56 Å². The lowest BCUT2D eigenvalue weighted by molar-refractivity contribution is -0.0301. The highest BCUT2D eigenvalue weighted by atomic mass is 19.3. The molecular weight excluding hydrogens is 446 g/mol. The van der Waals surface area contributed by atoms with Crippen molar-refractivity contribution in [2.45, 2.75) is 44.4 Å². The van der Waals surface area contributed by atoms with Gasteiger partial charge in [0.05, 0.1) is 42.5 Å². The Balaban J connectivity index is 1.55. The Bertz CT molecular complexity index is 1190. The van der Waals surface area contributed by atoms with Gasteiger partial charge in [0.15, 0.2) is 11.5 Å². The molecule has 3 aromatic heterocycles. The van der Waals surface area contributed by atoms with Gasteiger partial charge in [0, 0.05) is 42.5 Å². The topological polar surface area (TPSA) is 144 Å². The van der Waals surface area contributed by atoms with Gasteiger partial charge in [-0.3, -0.25) is 14.5 Å². The number of anilines is 1. The number of nitrogens with one attached hydrogen (secondary N) is 2. The van der Waals surface area contributed by atoms with Gasteiger partial charge in [0.25, 0.3) is 11.8 Å². The molecule has 4 rings (SSSR count). The molecule has 0 bridgehead atoms. The van der Waals surface area contributed by atoms with Crippen molar-refractivity contribution in [1.29, 1.82) is 0 Å². The standard InChI is InChI=1S/C22H26F2N8O2/c1-21(2,34)12-32-10-14(7-29-32)16-5-13(3-4-27-16)17-9-28-19(25)18(31-17)20(33)30-15-6-22(23,24)11-26-8-15/h3-5,7,9-10,15,26,34H,6,8,11-12H2,1-2H3,(H2,25,28)(H,30,33)/t15-/m0/s1. The van der Waals surface area contributed by atoms with Gasteiger partial charge in [0.2, 0.25) is 0 Å². The number of hydrogen-bond acceptors (Lipinski definition) is 8. The Hall–Kier alpha value is -3.51. The largest absolute Gasteiger partial charge is 0.389 e. The lowest BCUT2D eigenvalue weighted by atomic mass is 10.0. The molecule has 1 fully saturated rings. The summed E-state index contributed by atoms with van der Waals surface area (Å²) in [5, 5.41) is 19.4. The van der Waals surface area contributed by atoms with Crippen molar-refractivity contribution in [2.75, 3.05) is 18.8 Å². The lowest BCUT2D eigenvalue weighted by Crippen LogP contribution is -2.53. The molecule has 5 N–H and O–H groups in total. The fourth-order valence-corrected chi connectivity index (χ4v) is 3.72. The number of piperidine rings is 1. The molecule has 180 valence electrons. The van der Waals surface area contributed by atoms with Crippen molar-refractivity contribution in [3.8, 4) is 22.5 Å². The summed E-state index contributed by atoms with van der Waals surface area (Å²) in [6, 6.07) is 2.71. The van der Waals surface area contributed by atoms with Crippen molar-refractivity contribution in [3.63, 3.8) is 0 Å². The fraction of sp³-hybridized carbons (Fsp3) is 0.409. The molecule has 1 aliphatic rings. The highest BCUT2D eigenvalue weighted by Gasteiger charge is 2.37. The number of amides is 1. The molecule has 0 saturated carbocycles. The molecule has 4 heterocycles. The van der Waals surface area contributed by atoms with Gasteiger partial charge in [-0.25, -0.2) is 18.7 Å². The van der Waals surface area contributed by atoms with Crippen LogP contribution in [-0.4, -0.2) is 66.4 Å². The van der Waals surface area contributed by atoms with Crippen molar-refractivity contribution >= 4 is 11.7 Å². The van der Waals surface area contributed by atoms with Gasteiger partial charge in [-0.15, -0.1) is 0 Å². The number of carbonyl (C=O) groups is 1. The van der Waals surface area contributed by atoms with E-state index < -0.39 is 36.4 Å². The molecule has 3 aromatic rings. The summed E-state index contributed by atoms with van der Waals surface area (Å²) < 4.78 is 28.9. The van der Waals surface area contributed by atoms with E-state index in [2.05, 4.69) is 30.7 Å². The van der Waals surface area contributed by atoms with E-state index in [1.165, 1.54) is 6.20 Å². The highest BCUT2D eigenvalue weighted by Crippen LogP contribution is 2.25. The van der Waals surface area contributed by atoms with E-state index in [1.807, 2.05) is 0 Å². The molecule has 1 atom stereocenters. The van der Waals surface area contributed by atoms with Crippen LogP contribution >= 0.6 is 0 Å². The summed E-state index contributed by atoms with van der Waals surface area (Å²) in [7, 11) is 0. The van der Waals surface area contributed by atoms with Crippen LogP contribution < -0.4 is 16.4 Å². The van der Waals surface area contributed by atoms with E-state index in [-0.39, 0.29) is 18.1 Å². The van der Waals surface area contributed by atoms with Crippen molar-refractivity contribution in [1.82, 2.24) is 35.4 Å². The molecule has 0 spiro atoms. The molecule has 0 radical (unpaired) electrons.